The van der Waals surface area contributed by atoms with Gasteiger partial charge in [-0.1, -0.05) is 78.0 Å². The first-order valence-corrected chi connectivity index (χ1v) is 8.47. The lowest BCUT2D eigenvalue weighted by atomic mass is 10.0. The number of benzene rings is 3. The van der Waals surface area contributed by atoms with Crippen LogP contribution in [0, 0.1) is 0 Å². The van der Waals surface area contributed by atoms with Gasteiger partial charge < -0.3 is 4.74 Å². The third-order valence-corrected chi connectivity index (χ3v) is 4.83. The second-order valence-electron chi connectivity index (χ2n) is 6.30. The van der Waals surface area contributed by atoms with Crippen molar-refractivity contribution in [1.29, 1.82) is 0 Å². The fourth-order valence-electron chi connectivity index (χ4n) is 3.59. The molecule has 25 heavy (non-hydrogen) atoms. The van der Waals surface area contributed by atoms with E-state index in [4.69, 9.17) is 4.74 Å². The Morgan fingerprint density at radius 1 is 0.880 bits per heavy atom. The monoisotopic (exact) mass is 327 g/mol. The molecule has 0 fully saturated rings. The Morgan fingerprint density at radius 2 is 1.68 bits per heavy atom. The van der Waals surface area contributed by atoms with Crippen molar-refractivity contribution >= 4 is 10.8 Å². The molecule has 1 aliphatic heterocycles. The van der Waals surface area contributed by atoms with Gasteiger partial charge in [-0.2, -0.15) is 0 Å². The van der Waals surface area contributed by atoms with Crippen LogP contribution in [-0.2, 0) is 11.3 Å². The van der Waals surface area contributed by atoms with Gasteiger partial charge in [-0.3, -0.25) is 0 Å². The molecule has 2 heterocycles. The van der Waals surface area contributed by atoms with Crippen LogP contribution < -0.4 is 0 Å². The van der Waals surface area contributed by atoms with Crippen LogP contribution in [0.4, 0.5) is 0 Å². The summed E-state index contributed by atoms with van der Waals surface area (Å²) in [5.74, 6) is 0. The van der Waals surface area contributed by atoms with E-state index in [1.807, 2.05) is 22.9 Å². The second kappa shape index (κ2) is 5.83. The molecule has 0 bridgehead atoms. The van der Waals surface area contributed by atoms with Crippen LogP contribution >= 0.6 is 0 Å². The van der Waals surface area contributed by atoms with E-state index in [0.717, 1.165) is 17.0 Å². The maximum absolute atomic E-state index is 5.89. The lowest BCUT2D eigenvalue weighted by molar-refractivity contribution is 0.0638. The molecule has 0 N–H and O–H groups in total. The molecular weight excluding hydrogens is 310 g/mol. The Balaban J connectivity index is 1.67. The molecule has 1 atom stereocenters. The van der Waals surface area contributed by atoms with Crippen molar-refractivity contribution < 1.29 is 4.74 Å². The van der Waals surface area contributed by atoms with E-state index in [9.17, 15) is 0 Å². The fourth-order valence-corrected chi connectivity index (χ4v) is 3.59. The molecule has 0 saturated carbocycles. The molecule has 1 aliphatic rings. The summed E-state index contributed by atoms with van der Waals surface area (Å²) in [5.41, 5.74) is 4.25. The molecule has 4 heteroatoms. The van der Waals surface area contributed by atoms with Gasteiger partial charge in [0.05, 0.1) is 18.9 Å². The van der Waals surface area contributed by atoms with Crippen LogP contribution in [0.5, 0.6) is 0 Å². The van der Waals surface area contributed by atoms with E-state index < -0.39 is 0 Å². The average Bonchev–Trinajstić information content (AvgIpc) is 3.12. The number of rotatable bonds is 2. The van der Waals surface area contributed by atoms with E-state index in [2.05, 4.69) is 64.9 Å². The highest BCUT2D eigenvalue weighted by atomic mass is 16.5. The van der Waals surface area contributed by atoms with E-state index in [0.29, 0.717) is 13.2 Å². The fraction of sp³-hybridized carbons (Fsp3) is 0.143. The lowest BCUT2D eigenvalue weighted by Crippen LogP contribution is -2.25. The zero-order valence-corrected chi connectivity index (χ0v) is 13.7. The van der Waals surface area contributed by atoms with Gasteiger partial charge in [0.15, 0.2) is 0 Å². The SMILES string of the molecule is c1ccc(C2COCc3c(-c4cccc5ccccc45)nnn32)cc1. The van der Waals surface area contributed by atoms with E-state index in [1.165, 1.54) is 16.3 Å². The van der Waals surface area contributed by atoms with Gasteiger partial charge in [-0.05, 0) is 16.3 Å². The molecule has 1 unspecified atom stereocenters. The van der Waals surface area contributed by atoms with Crippen LogP contribution in [0.2, 0.25) is 0 Å². The number of ether oxygens (including phenoxy) is 1. The van der Waals surface area contributed by atoms with Gasteiger partial charge in [0.2, 0.25) is 0 Å². The number of aromatic nitrogens is 3. The Labute approximate surface area is 145 Å². The van der Waals surface area contributed by atoms with Crippen molar-refractivity contribution in [3.63, 3.8) is 0 Å². The molecule has 122 valence electrons. The molecule has 4 aromatic rings. The Kier molecular flexibility index (Phi) is 3.35. The molecule has 1 aromatic heterocycles. The van der Waals surface area contributed by atoms with Gasteiger partial charge in [0.25, 0.3) is 0 Å². The van der Waals surface area contributed by atoms with E-state index >= 15 is 0 Å². The zero-order chi connectivity index (χ0) is 16.6. The Morgan fingerprint density at radius 3 is 2.60 bits per heavy atom. The highest BCUT2D eigenvalue weighted by Gasteiger charge is 2.27. The first kappa shape index (κ1) is 14.4. The minimum Gasteiger partial charge on any atom is -0.372 e. The van der Waals surface area contributed by atoms with E-state index in [1.54, 1.807) is 0 Å². The van der Waals surface area contributed by atoms with Crippen LogP contribution in [0.15, 0.2) is 72.8 Å². The molecule has 0 amide bonds. The Bertz CT molecular complexity index is 1030. The minimum absolute atomic E-state index is 0.0705. The summed E-state index contributed by atoms with van der Waals surface area (Å²) in [7, 11) is 0. The molecule has 0 aliphatic carbocycles. The quantitative estimate of drug-likeness (QED) is 0.553. The molecule has 0 saturated heterocycles. The standard InChI is InChI=1S/C21H17N3O/c1-2-8-16(9-3-1)19-13-25-14-20-21(22-23-24(19)20)18-12-6-10-15-7-4-5-11-17(15)18/h1-12,19H,13-14H2. The third kappa shape index (κ3) is 2.34. The predicted molar refractivity (Wildman–Crippen MR) is 97.2 cm³/mol. The first-order chi connectivity index (χ1) is 12.4. The lowest BCUT2D eigenvalue weighted by Gasteiger charge is -2.25. The molecule has 0 radical (unpaired) electrons. The van der Waals surface area contributed by atoms with Crippen molar-refractivity contribution in [3.05, 3.63) is 84.1 Å². The second-order valence-corrected chi connectivity index (χ2v) is 6.30. The summed E-state index contributed by atoms with van der Waals surface area (Å²) in [4.78, 5) is 0. The van der Waals surface area contributed by atoms with Crippen LogP contribution in [0.3, 0.4) is 0 Å². The summed E-state index contributed by atoms with van der Waals surface area (Å²) in [6, 6.07) is 25.1. The average molecular weight is 327 g/mol. The number of hydrogen-bond acceptors (Lipinski definition) is 3. The topological polar surface area (TPSA) is 39.9 Å². The molecule has 3 aromatic carbocycles. The van der Waals surface area contributed by atoms with Crippen molar-refractivity contribution in [2.24, 2.45) is 0 Å². The number of fused-ring (bicyclic) bond motifs is 2. The Hall–Kier alpha value is -2.98. The van der Waals surface area contributed by atoms with Gasteiger partial charge in [-0.25, -0.2) is 4.68 Å². The normalized spacial score (nSPS) is 16.7. The van der Waals surface area contributed by atoms with E-state index in [-0.39, 0.29) is 6.04 Å². The van der Waals surface area contributed by atoms with Crippen LogP contribution in [-0.4, -0.2) is 21.6 Å². The number of hydrogen-bond donors (Lipinski definition) is 0. The van der Waals surface area contributed by atoms with Crippen molar-refractivity contribution in [2.75, 3.05) is 6.61 Å². The first-order valence-electron chi connectivity index (χ1n) is 8.47. The summed E-state index contributed by atoms with van der Waals surface area (Å²) in [6.45, 7) is 1.16. The summed E-state index contributed by atoms with van der Waals surface area (Å²) in [5, 5.41) is 11.4. The largest absolute Gasteiger partial charge is 0.372 e. The van der Waals surface area contributed by atoms with Gasteiger partial charge in [-0.15, -0.1) is 5.10 Å². The van der Waals surface area contributed by atoms with Gasteiger partial charge >= 0.3 is 0 Å². The molecular formula is C21H17N3O. The van der Waals surface area contributed by atoms with Crippen molar-refractivity contribution in [3.8, 4) is 11.3 Å². The summed E-state index contributed by atoms with van der Waals surface area (Å²) < 4.78 is 7.92. The van der Waals surface area contributed by atoms with Crippen LogP contribution in [0.1, 0.15) is 17.3 Å². The number of nitrogens with zero attached hydrogens (tertiary/aromatic N) is 3. The minimum atomic E-state index is 0.0705. The highest BCUT2D eigenvalue weighted by Crippen LogP contribution is 2.33. The maximum atomic E-state index is 5.89. The van der Waals surface area contributed by atoms with Crippen LogP contribution in [0.25, 0.3) is 22.0 Å². The zero-order valence-electron chi connectivity index (χ0n) is 13.7. The van der Waals surface area contributed by atoms with Gasteiger partial charge in [0.1, 0.15) is 11.7 Å². The summed E-state index contributed by atoms with van der Waals surface area (Å²) in [6.07, 6.45) is 0. The van der Waals surface area contributed by atoms with Gasteiger partial charge in [0, 0.05) is 5.56 Å². The summed E-state index contributed by atoms with van der Waals surface area (Å²) >= 11 is 0. The van der Waals surface area contributed by atoms with Crippen molar-refractivity contribution in [2.45, 2.75) is 12.6 Å². The molecule has 5 rings (SSSR count). The third-order valence-electron chi connectivity index (χ3n) is 4.83. The molecule has 4 nitrogen and oxygen atoms in total. The predicted octanol–water partition coefficient (Wildman–Crippen LogP) is 4.22. The van der Waals surface area contributed by atoms with Crippen molar-refractivity contribution in [1.82, 2.24) is 15.0 Å². The molecule has 0 spiro atoms. The smallest absolute Gasteiger partial charge is 0.119 e. The maximum Gasteiger partial charge on any atom is 0.119 e. The highest BCUT2D eigenvalue weighted by molar-refractivity contribution is 5.96.